The second-order valence-electron chi connectivity index (χ2n) is 6.45. The average Bonchev–Trinajstić information content (AvgIpc) is 2.70. The second kappa shape index (κ2) is 7.94. The maximum absolute atomic E-state index is 12.7. The summed E-state index contributed by atoms with van der Waals surface area (Å²) in [4.78, 5) is 25.6. The van der Waals surface area contributed by atoms with Gasteiger partial charge in [-0.1, -0.05) is 35.9 Å². The first-order chi connectivity index (χ1) is 13.2. The van der Waals surface area contributed by atoms with E-state index in [1.165, 1.54) is 0 Å². The normalized spacial score (nSPS) is 14.3. The number of hydrogen-bond acceptors (Lipinski definition) is 4. The molecule has 0 spiro atoms. The van der Waals surface area contributed by atoms with Crippen LogP contribution in [-0.2, 0) is 11.2 Å². The summed E-state index contributed by atoms with van der Waals surface area (Å²) in [6, 6.07) is 13.4. The van der Waals surface area contributed by atoms with Crippen LogP contribution in [0.3, 0.4) is 0 Å². The van der Waals surface area contributed by atoms with E-state index in [1.807, 2.05) is 36.4 Å². The Balaban J connectivity index is 1.71. The molecular formula is C21H18ClN3O2. The van der Waals surface area contributed by atoms with Crippen molar-refractivity contribution in [3.05, 3.63) is 70.6 Å². The Morgan fingerprint density at radius 1 is 1.15 bits per heavy atom. The Labute approximate surface area is 162 Å². The number of aliphatic imine (C=N–C) groups is 1. The number of carbonyl (C=O) groups is 1. The highest BCUT2D eigenvalue weighted by atomic mass is 35.5. The molecule has 1 aliphatic heterocycles. The lowest BCUT2D eigenvalue weighted by molar-refractivity contribution is 0.0994. The van der Waals surface area contributed by atoms with Crippen LogP contribution in [0, 0.1) is 0 Å². The highest BCUT2D eigenvalue weighted by Crippen LogP contribution is 2.22. The molecule has 136 valence electrons. The number of carbonyl (C=O) groups excluding carboxylic acids is 1. The standard InChI is InChI=1S/C21H18ClN3O2/c22-20-6-5-14(13-23-20)11-15-12-19(25-18-4-2-1-3-17(15)18)21(26)24-16-7-9-27-10-8-16/h1-6,12-13H,7-11H2. The minimum atomic E-state index is -0.298. The third-order valence-electron chi connectivity index (χ3n) is 4.53. The summed E-state index contributed by atoms with van der Waals surface area (Å²) < 4.78 is 5.32. The van der Waals surface area contributed by atoms with Crippen LogP contribution in [-0.4, -0.2) is 34.8 Å². The molecule has 0 saturated carbocycles. The monoisotopic (exact) mass is 379 g/mol. The van der Waals surface area contributed by atoms with Crippen molar-refractivity contribution in [2.24, 2.45) is 4.99 Å². The summed E-state index contributed by atoms with van der Waals surface area (Å²) in [5, 5.41) is 1.48. The maximum atomic E-state index is 12.7. The number of fused-ring (bicyclic) bond motifs is 1. The number of para-hydroxylation sites is 1. The molecule has 0 N–H and O–H groups in total. The molecule has 27 heavy (non-hydrogen) atoms. The molecule has 1 fully saturated rings. The number of rotatable bonds is 3. The first kappa shape index (κ1) is 17.8. The molecule has 5 nitrogen and oxygen atoms in total. The van der Waals surface area contributed by atoms with Crippen molar-refractivity contribution in [2.45, 2.75) is 19.3 Å². The largest absolute Gasteiger partial charge is 0.381 e. The van der Waals surface area contributed by atoms with Crippen LogP contribution in [0.15, 0.2) is 53.7 Å². The molecule has 1 aliphatic rings. The van der Waals surface area contributed by atoms with E-state index in [9.17, 15) is 4.79 Å². The molecule has 0 bridgehead atoms. The van der Waals surface area contributed by atoms with E-state index in [-0.39, 0.29) is 5.91 Å². The van der Waals surface area contributed by atoms with Gasteiger partial charge in [0.1, 0.15) is 10.8 Å². The number of amides is 1. The molecule has 2 aromatic heterocycles. The molecular weight excluding hydrogens is 362 g/mol. The fourth-order valence-electron chi connectivity index (χ4n) is 3.15. The number of benzene rings is 1. The van der Waals surface area contributed by atoms with E-state index in [0.29, 0.717) is 43.3 Å². The third-order valence-corrected chi connectivity index (χ3v) is 4.76. The van der Waals surface area contributed by atoms with Gasteiger partial charge in [0, 0.05) is 30.1 Å². The predicted molar refractivity (Wildman–Crippen MR) is 106 cm³/mol. The van der Waals surface area contributed by atoms with Gasteiger partial charge in [-0.15, -0.1) is 0 Å². The number of pyridine rings is 2. The zero-order valence-electron chi connectivity index (χ0n) is 14.7. The van der Waals surface area contributed by atoms with Crippen molar-refractivity contribution >= 4 is 34.1 Å². The zero-order valence-corrected chi connectivity index (χ0v) is 15.4. The minimum Gasteiger partial charge on any atom is -0.381 e. The molecule has 0 aliphatic carbocycles. The first-order valence-electron chi connectivity index (χ1n) is 8.86. The van der Waals surface area contributed by atoms with E-state index >= 15 is 0 Å². The van der Waals surface area contributed by atoms with Crippen LogP contribution in [0.2, 0.25) is 5.15 Å². The molecule has 1 amide bonds. The van der Waals surface area contributed by atoms with Gasteiger partial charge in [0.15, 0.2) is 0 Å². The van der Waals surface area contributed by atoms with Crippen LogP contribution in [0.4, 0.5) is 0 Å². The lowest BCUT2D eigenvalue weighted by Gasteiger charge is -2.13. The minimum absolute atomic E-state index is 0.298. The van der Waals surface area contributed by atoms with E-state index in [0.717, 1.165) is 27.7 Å². The smallest absolute Gasteiger partial charge is 0.295 e. The molecule has 1 aromatic carbocycles. The first-order valence-corrected chi connectivity index (χ1v) is 9.24. The SMILES string of the molecule is O=C(N=C1CCOCC1)c1cc(Cc2ccc(Cl)nc2)c2ccccc2n1. The van der Waals surface area contributed by atoms with Gasteiger partial charge in [0.25, 0.3) is 5.91 Å². The van der Waals surface area contributed by atoms with Crippen molar-refractivity contribution in [2.75, 3.05) is 13.2 Å². The van der Waals surface area contributed by atoms with Gasteiger partial charge in [0.05, 0.1) is 18.7 Å². The van der Waals surface area contributed by atoms with Gasteiger partial charge in [-0.2, -0.15) is 0 Å². The summed E-state index contributed by atoms with van der Waals surface area (Å²) in [5.41, 5.74) is 4.06. The number of hydrogen-bond donors (Lipinski definition) is 0. The number of ether oxygens (including phenoxy) is 1. The van der Waals surface area contributed by atoms with Crippen LogP contribution in [0.1, 0.15) is 34.5 Å². The zero-order chi connectivity index (χ0) is 18.6. The molecule has 6 heteroatoms. The fraction of sp³-hybridized carbons (Fsp3) is 0.238. The van der Waals surface area contributed by atoms with E-state index < -0.39 is 0 Å². The van der Waals surface area contributed by atoms with Gasteiger partial charge in [-0.25, -0.2) is 15.0 Å². The van der Waals surface area contributed by atoms with Crippen LogP contribution < -0.4 is 0 Å². The Morgan fingerprint density at radius 3 is 2.74 bits per heavy atom. The van der Waals surface area contributed by atoms with E-state index in [1.54, 1.807) is 12.3 Å². The van der Waals surface area contributed by atoms with Crippen LogP contribution >= 0.6 is 11.6 Å². The Kier molecular flexibility index (Phi) is 5.23. The fourth-order valence-corrected chi connectivity index (χ4v) is 3.27. The van der Waals surface area contributed by atoms with Crippen molar-refractivity contribution in [1.29, 1.82) is 0 Å². The number of nitrogens with zero attached hydrogens (tertiary/aromatic N) is 3. The molecule has 0 unspecified atom stereocenters. The van der Waals surface area contributed by atoms with Gasteiger partial charge < -0.3 is 4.74 Å². The molecule has 3 aromatic rings. The molecule has 0 radical (unpaired) electrons. The van der Waals surface area contributed by atoms with Crippen molar-refractivity contribution in [3.63, 3.8) is 0 Å². The summed E-state index contributed by atoms with van der Waals surface area (Å²) in [5.74, 6) is -0.298. The van der Waals surface area contributed by atoms with E-state index in [4.69, 9.17) is 16.3 Å². The molecule has 1 saturated heterocycles. The van der Waals surface area contributed by atoms with Crippen molar-refractivity contribution in [3.8, 4) is 0 Å². The summed E-state index contributed by atoms with van der Waals surface area (Å²) in [6.45, 7) is 1.23. The summed E-state index contributed by atoms with van der Waals surface area (Å²) >= 11 is 5.88. The van der Waals surface area contributed by atoms with Gasteiger partial charge >= 0.3 is 0 Å². The van der Waals surface area contributed by atoms with Gasteiger partial charge in [-0.05, 0) is 35.7 Å². The van der Waals surface area contributed by atoms with Crippen molar-refractivity contribution in [1.82, 2.24) is 9.97 Å². The molecule has 4 rings (SSSR count). The lowest BCUT2D eigenvalue weighted by atomic mass is 10.0. The number of aromatic nitrogens is 2. The quantitative estimate of drug-likeness (QED) is 0.637. The van der Waals surface area contributed by atoms with E-state index in [2.05, 4.69) is 15.0 Å². The Morgan fingerprint density at radius 2 is 1.96 bits per heavy atom. The summed E-state index contributed by atoms with van der Waals surface area (Å²) in [6.07, 6.45) is 3.78. The predicted octanol–water partition coefficient (Wildman–Crippen LogP) is 4.27. The highest BCUT2D eigenvalue weighted by Gasteiger charge is 2.15. The highest BCUT2D eigenvalue weighted by molar-refractivity contribution is 6.29. The van der Waals surface area contributed by atoms with Crippen LogP contribution in [0.25, 0.3) is 10.9 Å². The van der Waals surface area contributed by atoms with Gasteiger partial charge in [0.2, 0.25) is 0 Å². The molecule has 0 atom stereocenters. The molecule has 3 heterocycles. The van der Waals surface area contributed by atoms with Crippen molar-refractivity contribution < 1.29 is 9.53 Å². The maximum Gasteiger partial charge on any atom is 0.295 e. The topological polar surface area (TPSA) is 64.4 Å². The third kappa shape index (κ3) is 4.21. The average molecular weight is 380 g/mol. The Hall–Kier alpha value is -2.63. The van der Waals surface area contributed by atoms with Crippen LogP contribution in [0.5, 0.6) is 0 Å². The summed E-state index contributed by atoms with van der Waals surface area (Å²) in [7, 11) is 0. The number of halogens is 1. The Bertz CT molecular complexity index is 1010. The second-order valence-corrected chi connectivity index (χ2v) is 6.83. The lowest BCUT2D eigenvalue weighted by Crippen LogP contribution is -2.17. The van der Waals surface area contributed by atoms with Gasteiger partial charge in [-0.3, -0.25) is 4.79 Å².